The standard InChI is InChI=1S/C15H26N2O2S2/c1-5-16-11-14-10-15(7-6-12(14)2)21(18,19)17-9-8-13(3)20-4/h6-7,10,13,16-17H,5,8-9,11H2,1-4H3. The summed E-state index contributed by atoms with van der Waals surface area (Å²) in [6, 6.07) is 5.30. The largest absolute Gasteiger partial charge is 0.313 e. The minimum absolute atomic E-state index is 0.345. The van der Waals surface area contributed by atoms with E-state index in [0.717, 1.165) is 24.1 Å². The monoisotopic (exact) mass is 330 g/mol. The normalized spacial score (nSPS) is 13.3. The second-order valence-electron chi connectivity index (χ2n) is 5.10. The van der Waals surface area contributed by atoms with E-state index < -0.39 is 10.0 Å². The molecule has 21 heavy (non-hydrogen) atoms. The summed E-state index contributed by atoms with van der Waals surface area (Å²) in [5.41, 5.74) is 2.13. The van der Waals surface area contributed by atoms with E-state index in [-0.39, 0.29) is 0 Å². The van der Waals surface area contributed by atoms with E-state index in [1.54, 1.807) is 23.9 Å². The van der Waals surface area contributed by atoms with Crippen LogP contribution in [-0.4, -0.2) is 33.0 Å². The second kappa shape index (κ2) is 8.78. The number of aryl methyl sites for hydroxylation is 1. The van der Waals surface area contributed by atoms with Crippen molar-refractivity contribution in [3.05, 3.63) is 29.3 Å². The molecule has 0 aliphatic rings. The highest BCUT2D eigenvalue weighted by Crippen LogP contribution is 2.16. The molecule has 1 aromatic rings. The molecule has 0 aliphatic heterocycles. The Kier molecular flexibility index (Phi) is 7.73. The van der Waals surface area contributed by atoms with Crippen LogP contribution in [0, 0.1) is 6.92 Å². The Morgan fingerprint density at radius 1 is 1.33 bits per heavy atom. The summed E-state index contributed by atoms with van der Waals surface area (Å²) >= 11 is 1.74. The van der Waals surface area contributed by atoms with Crippen molar-refractivity contribution in [3.8, 4) is 0 Å². The molecule has 1 unspecified atom stereocenters. The van der Waals surface area contributed by atoms with Crippen LogP contribution in [0.3, 0.4) is 0 Å². The fourth-order valence-corrected chi connectivity index (χ4v) is 3.31. The molecule has 0 saturated heterocycles. The van der Waals surface area contributed by atoms with Gasteiger partial charge in [-0.15, -0.1) is 0 Å². The first kappa shape index (κ1) is 18.5. The van der Waals surface area contributed by atoms with Crippen LogP contribution in [0.1, 0.15) is 31.4 Å². The van der Waals surface area contributed by atoms with Crippen LogP contribution < -0.4 is 10.0 Å². The number of rotatable bonds is 9. The molecule has 120 valence electrons. The van der Waals surface area contributed by atoms with Gasteiger partial charge in [-0.05, 0) is 49.4 Å². The summed E-state index contributed by atoms with van der Waals surface area (Å²) in [7, 11) is -3.42. The number of benzene rings is 1. The summed E-state index contributed by atoms with van der Waals surface area (Å²) < 4.78 is 27.3. The van der Waals surface area contributed by atoms with Crippen molar-refractivity contribution in [2.24, 2.45) is 0 Å². The lowest BCUT2D eigenvalue weighted by molar-refractivity contribution is 0.578. The quantitative estimate of drug-likeness (QED) is 0.730. The van der Waals surface area contributed by atoms with Crippen LogP contribution in [0.5, 0.6) is 0 Å². The minimum Gasteiger partial charge on any atom is -0.313 e. The molecule has 0 amide bonds. The molecule has 1 atom stereocenters. The lowest BCUT2D eigenvalue weighted by atomic mass is 10.1. The molecule has 0 fully saturated rings. The maximum absolute atomic E-state index is 12.3. The molecule has 0 radical (unpaired) electrons. The third-order valence-electron chi connectivity index (χ3n) is 3.44. The topological polar surface area (TPSA) is 58.2 Å². The highest BCUT2D eigenvalue weighted by molar-refractivity contribution is 7.99. The van der Waals surface area contributed by atoms with Gasteiger partial charge in [0.2, 0.25) is 10.0 Å². The van der Waals surface area contributed by atoms with Crippen molar-refractivity contribution >= 4 is 21.8 Å². The van der Waals surface area contributed by atoms with Crippen LogP contribution in [-0.2, 0) is 16.6 Å². The van der Waals surface area contributed by atoms with Gasteiger partial charge in [0.15, 0.2) is 0 Å². The zero-order chi connectivity index (χ0) is 15.9. The molecular weight excluding hydrogens is 304 g/mol. The van der Waals surface area contributed by atoms with Gasteiger partial charge >= 0.3 is 0 Å². The molecular formula is C15H26N2O2S2. The summed E-state index contributed by atoms with van der Waals surface area (Å²) in [4.78, 5) is 0.345. The van der Waals surface area contributed by atoms with Crippen LogP contribution in [0.4, 0.5) is 0 Å². The van der Waals surface area contributed by atoms with Gasteiger partial charge in [0.25, 0.3) is 0 Å². The van der Waals surface area contributed by atoms with Crippen molar-refractivity contribution in [2.75, 3.05) is 19.3 Å². The lowest BCUT2D eigenvalue weighted by Gasteiger charge is -2.12. The van der Waals surface area contributed by atoms with E-state index in [4.69, 9.17) is 0 Å². The predicted molar refractivity (Wildman–Crippen MR) is 91.3 cm³/mol. The van der Waals surface area contributed by atoms with E-state index in [1.165, 1.54) is 0 Å². The summed E-state index contributed by atoms with van der Waals surface area (Å²) in [6.07, 6.45) is 2.86. The van der Waals surface area contributed by atoms with Gasteiger partial charge in [-0.3, -0.25) is 0 Å². The maximum Gasteiger partial charge on any atom is 0.240 e. The van der Waals surface area contributed by atoms with Crippen LogP contribution in [0.25, 0.3) is 0 Å². The van der Waals surface area contributed by atoms with Crippen molar-refractivity contribution in [3.63, 3.8) is 0 Å². The molecule has 0 bridgehead atoms. The van der Waals surface area contributed by atoms with Gasteiger partial charge in [-0.2, -0.15) is 11.8 Å². The Hall–Kier alpha value is -0.560. The maximum atomic E-state index is 12.3. The molecule has 0 spiro atoms. The van der Waals surface area contributed by atoms with Crippen LogP contribution in [0.2, 0.25) is 0 Å². The first-order valence-electron chi connectivity index (χ1n) is 7.23. The number of nitrogens with one attached hydrogen (secondary N) is 2. The summed E-state index contributed by atoms with van der Waals surface area (Å²) in [6.45, 7) is 8.15. The molecule has 0 saturated carbocycles. The Labute approximate surface area is 133 Å². The Morgan fingerprint density at radius 2 is 2.05 bits per heavy atom. The van der Waals surface area contributed by atoms with Crippen molar-refractivity contribution in [1.82, 2.24) is 10.0 Å². The fourth-order valence-electron chi connectivity index (χ4n) is 1.86. The average molecular weight is 331 g/mol. The third kappa shape index (κ3) is 5.98. The molecule has 1 rings (SSSR count). The highest BCUT2D eigenvalue weighted by Gasteiger charge is 2.15. The SMILES string of the molecule is CCNCc1cc(S(=O)(=O)NCCC(C)SC)ccc1C. The number of hydrogen-bond acceptors (Lipinski definition) is 4. The summed E-state index contributed by atoms with van der Waals surface area (Å²) in [5.74, 6) is 0. The molecule has 1 aromatic carbocycles. The van der Waals surface area contributed by atoms with Gasteiger partial charge in [0, 0.05) is 18.3 Å². The lowest BCUT2D eigenvalue weighted by Crippen LogP contribution is -2.26. The Balaban J connectivity index is 2.78. The first-order valence-corrected chi connectivity index (χ1v) is 10.0. The van der Waals surface area contributed by atoms with E-state index in [2.05, 4.69) is 17.0 Å². The van der Waals surface area contributed by atoms with Crippen molar-refractivity contribution in [1.29, 1.82) is 0 Å². The number of hydrogen-bond donors (Lipinski definition) is 2. The van der Waals surface area contributed by atoms with Gasteiger partial charge in [0.1, 0.15) is 0 Å². The second-order valence-corrected chi connectivity index (χ2v) is 8.14. The molecule has 4 nitrogen and oxygen atoms in total. The van der Waals surface area contributed by atoms with Crippen molar-refractivity contribution in [2.45, 2.75) is 43.9 Å². The summed E-state index contributed by atoms with van der Waals surface area (Å²) in [5, 5.41) is 3.69. The van der Waals surface area contributed by atoms with Crippen LogP contribution >= 0.6 is 11.8 Å². The van der Waals surface area contributed by atoms with E-state index in [9.17, 15) is 8.42 Å². The third-order valence-corrected chi connectivity index (χ3v) is 5.94. The van der Waals surface area contributed by atoms with Gasteiger partial charge in [-0.1, -0.05) is 19.9 Å². The molecule has 0 aliphatic carbocycles. The zero-order valence-electron chi connectivity index (χ0n) is 13.3. The molecule has 0 heterocycles. The van der Waals surface area contributed by atoms with Crippen LogP contribution in [0.15, 0.2) is 23.1 Å². The number of sulfonamides is 1. The number of thioether (sulfide) groups is 1. The zero-order valence-corrected chi connectivity index (χ0v) is 14.9. The van der Waals surface area contributed by atoms with Gasteiger partial charge < -0.3 is 5.32 Å². The van der Waals surface area contributed by atoms with E-state index in [0.29, 0.717) is 23.2 Å². The van der Waals surface area contributed by atoms with E-state index >= 15 is 0 Å². The highest BCUT2D eigenvalue weighted by atomic mass is 32.2. The minimum atomic E-state index is -3.42. The Bertz CT molecular complexity index is 545. The predicted octanol–water partition coefficient (Wildman–Crippen LogP) is 2.52. The molecule has 6 heteroatoms. The average Bonchev–Trinajstić information content (AvgIpc) is 2.45. The first-order chi connectivity index (χ1) is 9.90. The van der Waals surface area contributed by atoms with Gasteiger partial charge in [-0.25, -0.2) is 13.1 Å². The fraction of sp³-hybridized carbons (Fsp3) is 0.600. The van der Waals surface area contributed by atoms with Crippen molar-refractivity contribution < 1.29 is 8.42 Å². The Morgan fingerprint density at radius 3 is 2.67 bits per heavy atom. The molecule has 2 N–H and O–H groups in total. The molecule has 0 aromatic heterocycles. The smallest absolute Gasteiger partial charge is 0.240 e. The van der Waals surface area contributed by atoms with Gasteiger partial charge in [0.05, 0.1) is 4.90 Å². The van der Waals surface area contributed by atoms with E-state index in [1.807, 2.05) is 26.2 Å².